The molecule has 3 rings (SSSR count). The maximum Gasteiger partial charge on any atom is 0.123 e. The normalized spacial score (nSPS) is 28.9. The highest BCUT2D eigenvalue weighted by Gasteiger charge is 2.32. The van der Waals surface area contributed by atoms with Gasteiger partial charge in [0.15, 0.2) is 0 Å². The Morgan fingerprint density at radius 1 is 1.33 bits per heavy atom. The second-order valence-electron chi connectivity index (χ2n) is 4.70. The van der Waals surface area contributed by atoms with E-state index in [1.807, 2.05) is 0 Å². The van der Waals surface area contributed by atoms with Gasteiger partial charge in [0.2, 0.25) is 0 Å². The van der Waals surface area contributed by atoms with Crippen LogP contribution in [0.5, 0.6) is 5.75 Å². The smallest absolute Gasteiger partial charge is 0.123 e. The molecule has 1 aromatic carbocycles. The van der Waals surface area contributed by atoms with Crippen LogP contribution >= 0.6 is 0 Å². The molecule has 2 atom stereocenters. The Morgan fingerprint density at radius 2 is 2.27 bits per heavy atom. The highest BCUT2D eigenvalue weighted by atomic mass is 16.5. The summed E-state index contributed by atoms with van der Waals surface area (Å²) in [5, 5.41) is 3.49. The van der Waals surface area contributed by atoms with E-state index in [4.69, 9.17) is 4.74 Å². The number of fused-ring (bicyclic) bond motifs is 3. The quantitative estimate of drug-likeness (QED) is 0.697. The van der Waals surface area contributed by atoms with Crippen LogP contribution in [0.1, 0.15) is 23.5 Å². The Hall–Kier alpha value is -1.02. The van der Waals surface area contributed by atoms with Crippen molar-refractivity contribution in [3.05, 3.63) is 29.3 Å². The maximum atomic E-state index is 5.84. The molecule has 0 amide bonds. The third kappa shape index (κ3) is 1.53. The van der Waals surface area contributed by atoms with E-state index < -0.39 is 0 Å². The predicted molar refractivity (Wildman–Crippen MR) is 60.4 cm³/mol. The SMILES string of the molecule is Cc1ccc2c(c1)OCCC1CNC[C@H]21. The third-order valence-corrected chi connectivity index (χ3v) is 3.65. The van der Waals surface area contributed by atoms with Gasteiger partial charge in [0.05, 0.1) is 6.61 Å². The number of nitrogens with one attached hydrogen (secondary N) is 1. The number of hydrogen-bond donors (Lipinski definition) is 1. The fourth-order valence-electron chi connectivity index (χ4n) is 2.79. The number of rotatable bonds is 0. The molecular formula is C13H17NO. The van der Waals surface area contributed by atoms with Crippen LogP contribution in [0.25, 0.3) is 0 Å². The molecular weight excluding hydrogens is 186 g/mol. The molecule has 1 fully saturated rings. The van der Waals surface area contributed by atoms with Crippen molar-refractivity contribution in [2.45, 2.75) is 19.3 Å². The summed E-state index contributed by atoms with van der Waals surface area (Å²) in [5.41, 5.74) is 2.70. The lowest BCUT2D eigenvalue weighted by molar-refractivity contribution is 0.296. The van der Waals surface area contributed by atoms with Gasteiger partial charge < -0.3 is 10.1 Å². The zero-order valence-corrected chi connectivity index (χ0v) is 9.12. The Balaban J connectivity index is 2.05. The van der Waals surface area contributed by atoms with E-state index in [1.165, 1.54) is 17.5 Å². The minimum atomic E-state index is 0.670. The molecule has 0 saturated carbocycles. The molecule has 15 heavy (non-hydrogen) atoms. The lowest BCUT2D eigenvalue weighted by Crippen LogP contribution is -2.11. The van der Waals surface area contributed by atoms with Crippen LogP contribution in [0.3, 0.4) is 0 Å². The molecule has 2 heteroatoms. The van der Waals surface area contributed by atoms with Gasteiger partial charge in [-0.05, 0) is 43.0 Å². The van der Waals surface area contributed by atoms with Gasteiger partial charge in [-0.2, -0.15) is 0 Å². The van der Waals surface area contributed by atoms with Crippen molar-refractivity contribution >= 4 is 0 Å². The Kier molecular flexibility index (Phi) is 2.17. The van der Waals surface area contributed by atoms with Gasteiger partial charge in [0.1, 0.15) is 5.75 Å². The van der Waals surface area contributed by atoms with Crippen molar-refractivity contribution in [3.8, 4) is 5.75 Å². The zero-order valence-electron chi connectivity index (χ0n) is 9.12. The average molecular weight is 203 g/mol. The van der Waals surface area contributed by atoms with Crippen molar-refractivity contribution in [1.82, 2.24) is 5.32 Å². The van der Waals surface area contributed by atoms with Crippen LogP contribution in [0, 0.1) is 12.8 Å². The molecule has 1 saturated heterocycles. The van der Waals surface area contributed by atoms with Crippen molar-refractivity contribution in [3.63, 3.8) is 0 Å². The van der Waals surface area contributed by atoms with Gasteiger partial charge in [-0.15, -0.1) is 0 Å². The van der Waals surface area contributed by atoms with E-state index in [1.54, 1.807) is 0 Å². The fraction of sp³-hybridized carbons (Fsp3) is 0.538. The molecule has 80 valence electrons. The number of benzene rings is 1. The van der Waals surface area contributed by atoms with Crippen molar-refractivity contribution in [1.29, 1.82) is 0 Å². The van der Waals surface area contributed by atoms with E-state index in [2.05, 4.69) is 30.4 Å². The van der Waals surface area contributed by atoms with Gasteiger partial charge in [0, 0.05) is 12.5 Å². The molecule has 2 heterocycles. The van der Waals surface area contributed by atoms with E-state index in [0.29, 0.717) is 5.92 Å². The van der Waals surface area contributed by atoms with Gasteiger partial charge in [-0.3, -0.25) is 0 Å². The van der Waals surface area contributed by atoms with Crippen LogP contribution in [-0.2, 0) is 0 Å². The minimum absolute atomic E-state index is 0.670. The van der Waals surface area contributed by atoms with Crippen LogP contribution in [0.4, 0.5) is 0 Å². The molecule has 0 aromatic heterocycles. The first-order valence-electron chi connectivity index (χ1n) is 5.78. The molecule has 2 aliphatic heterocycles. The molecule has 0 spiro atoms. The first kappa shape index (κ1) is 9.22. The van der Waals surface area contributed by atoms with Crippen molar-refractivity contribution < 1.29 is 4.74 Å². The second kappa shape index (κ2) is 3.53. The van der Waals surface area contributed by atoms with Crippen molar-refractivity contribution in [2.24, 2.45) is 5.92 Å². The van der Waals surface area contributed by atoms with E-state index in [0.717, 1.165) is 31.4 Å². The van der Waals surface area contributed by atoms with Crippen LogP contribution in [0.15, 0.2) is 18.2 Å². The van der Waals surface area contributed by atoms with Crippen LogP contribution in [-0.4, -0.2) is 19.7 Å². The summed E-state index contributed by atoms with van der Waals surface area (Å²) in [6.45, 7) is 5.27. The Labute approximate surface area is 90.6 Å². The van der Waals surface area contributed by atoms with Gasteiger partial charge in [0.25, 0.3) is 0 Å². The molecule has 0 radical (unpaired) electrons. The van der Waals surface area contributed by atoms with Gasteiger partial charge in [-0.1, -0.05) is 12.1 Å². The summed E-state index contributed by atoms with van der Waals surface area (Å²) in [4.78, 5) is 0. The lowest BCUT2D eigenvalue weighted by Gasteiger charge is -2.15. The number of hydrogen-bond acceptors (Lipinski definition) is 2. The lowest BCUT2D eigenvalue weighted by atomic mass is 9.87. The standard InChI is InChI=1S/C13H17NO/c1-9-2-3-11-12-8-14-7-10(12)4-5-15-13(11)6-9/h2-3,6,10,12,14H,4-5,7-8H2,1H3/t10?,12-/m0/s1. The first-order chi connectivity index (χ1) is 7.34. The van der Waals surface area contributed by atoms with Crippen molar-refractivity contribution in [2.75, 3.05) is 19.7 Å². The summed E-state index contributed by atoms with van der Waals surface area (Å²) >= 11 is 0. The molecule has 2 aliphatic rings. The summed E-state index contributed by atoms with van der Waals surface area (Å²) in [6.07, 6.45) is 1.19. The highest BCUT2D eigenvalue weighted by Crippen LogP contribution is 2.38. The average Bonchev–Trinajstić information content (AvgIpc) is 2.61. The van der Waals surface area contributed by atoms with Crippen LogP contribution in [0.2, 0.25) is 0 Å². The molecule has 2 nitrogen and oxygen atoms in total. The minimum Gasteiger partial charge on any atom is -0.493 e. The van der Waals surface area contributed by atoms with Gasteiger partial charge in [-0.25, -0.2) is 0 Å². The summed E-state index contributed by atoms with van der Waals surface area (Å²) in [6, 6.07) is 6.62. The molecule has 1 aromatic rings. The molecule has 0 bridgehead atoms. The van der Waals surface area contributed by atoms with E-state index in [9.17, 15) is 0 Å². The summed E-state index contributed by atoms with van der Waals surface area (Å²) < 4.78 is 5.84. The largest absolute Gasteiger partial charge is 0.493 e. The molecule has 1 N–H and O–H groups in total. The van der Waals surface area contributed by atoms with E-state index >= 15 is 0 Å². The number of ether oxygens (including phenoxy) is 1. The second-order valence-corrected chi connectivity index (χ2v) is 4.70. The molecule has 0 aliphatic carbocycles. The molecule has 1 unspecified atom stereocenters. The Morgan fingerprint density at radius 3 is 3.20 bits per heavy atom. The topological polar surface area (TPSA) is 21.3 Å². The maximum absolute atomic E-state index is 5.84. The Bertz CT molecular complexity index is 375. The highest BCUT2D eigenvalue weighted by molar-refractivity contribution is 5.41. The van der Waals surface area contributed by atoms with Crippen LogP contribution < -0.4 is 10.1 Å². The first-order valence-corrected chi connectivity index (χ1v) is 5.78. The monoisotopic (exact) mass is 203 g/mol. The van der Waals surface area contributed by atoms with Gasteiger partial charge >= 0.3 is 0 Å². The number of aryl methyl sites for hydroxylation is 1. The third-order valence-electron chi connectivity index (χ3n) is 3.65. The summed E-state index contributed by atoms with van der Waals surface area (Å²) in [7, 11) is 0. The predicted octanol–water partition coefficient (Wildman–Crippen LogP) is 2.08. The van der Waals surface area contributed by atoms with E-state index in [-0.39, 0.29) is 0 Å². The zero-order chi connectivity index (χ0) is 10.3. The summed E-state index contributed by atoms with van der Waals surface area (Å²) in [5.74, 6) is 2.56. The fourth-order valence-corrected chi connectivity index (χ4v) is 2.79.